The third kappa shape index (κ3) is 2.54. The molecule has 0 N–H and O–H groups in total. The summed E-state index contributed by atoms with van der Waals surface area (Å²) in [6.07, 6.45) is 0.972. The molecule has 1 aromatic rings. The molecule has 0 amide bonds. The van der Waals surface area contributed by atoms with Crippen LogP contribution in [0.3, 0.4) is 0 Å². The Bertz CT molecular complexity index is 428. The van der Waals surface area contributed by atoms with Gasteiger partial charge < -0.3 is 14.4 Å². The van der Waals surface area contributed by atoms with Crippen molar-refractivity contribution in [2.75, 3.05) is 13.8 Å². The lowest BCUT2D eigenvalue weighted by atomic mass is 10.1. The second kappa shape index (κ2) is 4.70. The zero-order chi connectivity index (χ0) is 12.4. The highest BCUT2D eigenvalue weighted by atomic mass is 16.7. The number of ether oxygens (including phenoxy) is 2. The van der Waals surface area contributed by atoms with Crippen molar-refractivity contribution in [2.45, 2.75) is 26.3 Å². The Balaban J connectivity index is 2.06. The molecule has 0 saturated heterocycles. The molecular formula is C14H19NO2. The van der Waals surface area contributed by atoms with Crippen LogP contribution in [-0.4, -0.2) is 24.8 Å². The van der Waals surface area contributed by atoms with E-state index in [9.17, 15) is 0 Å². The first-order valence-corrected chi connectivity index (χ1v) is 5.85. The van der Waals surface area contributed by atoms with E-state index in [1.54, 1.807) is 0 Å². The number of hydrogen-bond acceptors (Lipinski definition) is 3. The number of hydrogen-bond donors (Lipinski definition) is 0. The number of allylic oxidation sites excluding steroid dienone is 1. The van der Waals surface area contributed by atoms with Crippen LogP contribution in [0.15, 0.2) is 30.5 Å². The highest BCUT2D eigenvalue weighted by molar-refractivity contribution is 5.44. The normalized spacial score (nSPS) is 14.5. The molecule has 0 aliphatic carbocycles. The Morgan fingerprint density at radius 1 is 1.41 bits per heavy atom. The van der Waals surface area contributed by atoms with Gasteiger partial charge in [0.1, 0.15) is 0 Å². The maximum absolute atomic E-state index is 5.38. The third-order valence-electron chi connectivity index (χ3n) is 3.23. The summed E-state index contributed by atoms with van der Waals surface area (Å²) in [6.45, 7) is 8.51. The Morgan fingerprint density at radius 2 is 2.12 bits per heavy atom. The van der Waals surface area contributed by atoms with Crippen LogP contribution in [-0.2, 0) is 6.42 Å². The molecule has 1 aromatic carbocycles. The highest BCUT2D eigenvalue weighted by Crippen LogP contribution is 2.32. The van der Waals surface area contributed by atoms with E-state index in [1.165, 1.54) is 5.56 Å². The molecule has 1 aliphatic rings. The molecule has 17 heavy (non-hydrogen) atoms. The fourth-order valence-electron chi connectivity index (χ4n) is 1.92. The minimum Gasteiger partial charge on any atom is -0.454 e. The van der Waals surface area contributed by atoms with Crippen LogP contribution >= 0.6 is 0 Å². The van der Waals surface area contributed by atoms with Gasteiger partial charge in [0.2, 0.25) is 6.79 Å². The van der Waals surface area contributed by atoms with Crippen LogP contribution in [0.4, 0.5) is 0 Å². The van der Waals surface area contributed by atoms with Crippen molar-refractivity contribution in [3.63, 3.8) is 0 Å². The van der Waals surface area contributed by atoms with E-state index in [0.29, 0.717) is 12.8 Å². The maximum Gasteiger partial charge on any atom is 0.231 e. The van der Waals surface area contributed by atoms with Crippen LogP contribution in [0.2, 0.25) is 0 Å². The topological polar surface area (TPSA) is 21.7 Å². The van der Waals surface area contributed by atoms with E-state index in [1.807, 2.05) is 13.0 Å². The van der Waals surface area contributed by atoms with E-state index in [0.717, 1.165) is 23.6 Å². The highest BCUT2D eigenvalue weighted by Gasteiger charge is 2.15. The zero-order valence-corrected chi connectivity index (χ0v) is 10.7. The molecule has 3 heteroatoms. The average molecular weight is 233 g/mol. The van der Waals surface area contributed by atoms with E-state index < -0.39 is 0 Å². The lowest BCUT2D eigenvalue weighted by Gasteiger charge is -2.27. The van der Waals surface area contributed by atoms with Gasteiger partial charge in [0.15, 0.2) is 11.5 Å². The molecule has 0 fully saturated rings. The lowest BCUT2D eigenvalue weighted by molar-refractivity contribution is 0.174. The van der Waals surface area contributed by atoms with Gasteiger partial charge in [-0.25, -0.2) is 0 Å². The largest absolute Gasteiger partial charge is 0.454 e. The summed E-state index contributed by atoms with van der Waals surface area (Å²) in [4.78, 5) is 2.19. The van der Waals surface area contributed by atoms with E-state index in [4.69, 9.17) is 9.47 Å². The van der Waals surface area contributed by atoms with Crippen molar-refractivity contribution in [1.82, 2.24) is 4.90 Å². The van der Waals surface area contributed by atoms with Crippen molar-refractivity contribution in [3.05, 3.63) is 36.0 Å². The average Bonchev–Trinajstić information content (AvgIpc) is 2.74. The molecule has 1 atom stereocenters. The monoisotopic (exact) mass is 233 g/mol. The van der Waals surface area contributed by atoms with Gasteiger partial charge in [0, 0.05) is 18.8 Å². The molecule has 0 aromatic heterocycles. The Morgan fingerprint density at radius 3 is 2.82 bits per heavy atom. The van der Waals surface area contributed by atoms with Crippen LogP contribution in [0.1, 0.15) is 19.4 Å². The summed E-state index contributed by atoms with van der Waals surface area (Å²) in [7, 11) is 2.07. The standard InChI is InChI=1S/C14H19NO2/c1-10(2)15(4)11(3)7-12-5-6-13-14(8-12)17-9-16-13/h5-6,8,11H,1,7,9H2,2-4H3. The smallest absolute Gasteiger partial charge is 0.231 e. The van der Waals surface area contributed by atoms with Gasteiger partial charge in [-0.1, -0.05) is 12.6 Å². The molecule has 0 spiro atoms. The minimum atomic E-state index is 0.333. The quantitative estimate of drug-likeness (QED) is 0.798. The molecule has 0 saturated carbocycles. The number of fused-ring (bicyclic) bond motifs is 1. The molecule has 1 aliphatic heterocycles. The van der Waals surface area contributed by atoms with E-state index in [-0.39, 0.29) is 0 Å². The maximum atomic E-state index is 5.38. The van der Waals surface area contributed by atoms with Crippen molar-refractivity contribution < 1.29 is 9.47 Å². The second-order valence-corrected chi connectivity index (χ2v) is 4.59. The van der Waals surface area contributed by atoms with Gasteiger partial charge in [0.25, 0.3) is 0 Å². The molecule has 3 nitrogen and oxygen atoms in total. The fraction of sp³-hybridized carbons (Fsp3) is 0.429. The molecule has 2 rings (SSSR count). The predicted octanol–water partition coefficient (Wildman–Crippen LogP) is 2.81. The summed E-state index contributed by atoms with van der Waals surface area (Å²) >= 11 is 0. The number of rotatable bonds is 4. The summed E-state index contributed by atoms with van der Waals surface area (Å²) in [5, 5.41) is 0. The molecule has 0 radical (unpaired) electrons. The summed E-state index contributed by atoms with van der Waals surface area (Å²) in [5.74, 6) is 1.70. The third-order valence-corrected chi connectivity index (χ3v) is 3.23. The summed E-state index contributed by atoms with van der Waals surface area (Å²) in [5.41, 5.74) is 2.34. The van der Waals surface area contributed by atoms with Crippen LogP contribution in [0.5, 0.6) is 11.5 Å². The van der Waals surface area contributed by atoms with Crippen LogP contribution < -0.4 is 9.47 Å². The molecule has 1 heterocycles. The van der Waals surface area contributed by atoms with Crippen molar-refractivity contribution in [2.24, 2.45) is 0 Å². The van der Waals surface area contributed by atoms with Gasteiger partial charge >= 0.3 is 0 Å². The number of nitrogens with zero attached hydrogens (tertiary/aromatic N) is 1. The molecule has 1 unspecified atom stereocenters. The van der Waals surface area contributed by atoms with Gasteiger partial charge in [-0.2, -0.15) is 0 Å². The first kappa shape index (κ1) is 11.8. The Labute approximate surface area is 103 Å². The predicted molar refractivity (Wildman–Crippen MR) is 68.3 cm³/mol. The Kier molecular flexibility index (Phi) is 3.27. The van der Waals surface area contributed by atoms with Gasteiger partial charge in [-0.3, -0.25) is 0 Å². The second-order valence-electron chi connectivity index (χ2n) is 4.59. The lowest BCUT2D eigenvalue weighted by Crippen LogP contribution is -2.28. The van der Waals surface area contributed by atoms with E-state index >= 15 is 0 Å². The Hall–Kier alpha value is -1.64. The SMILES string of the molecule is C=C(C)N(C)C(C)Cc1ccc2c(c1)OCO2. The first-order chi connectivity index (χ1) is 8.08. The molecule has 0 bridgehead atoms. The van der Waals surface area contributed by atoms with Crippen molar-refractivity contribution in [1.29, 1.82) is 0 Å². The summed E-state index contributed by atoms with van der Waals surface area (Å²) < 4.78 is 10.7. The number of likely N-dealkylation sites (N-methyl/N-ethyl adjacent to an activating group) is 1. The van der Waals surface area contributed by atoms with Gasteiger partial charge in [-0.05, 0) is 38.0 Å². The zero-order valence-electron chi connectivity index (χ0n) is 10.7. The van der Waals surface area contributed by atoms with Crippen LogP contribution in [0.25, 0.3) is 0 Å². The van der Waals surface area contributed by atoms with Crippen molar-refractivity contribution >= 4 is 0 Å². The number of benzene rings is 1. The van der Waals surface area contributed by atoms with Crippen LogP contribution in [0, 0.1) is 0 Å². The first-order valence-electron chi connectivity index (χ1n) is 5.85. The van der Waals surface area contributed by atoms with Gasteiger partial charge in [-0.15, -0.1) is 0 Å². The fourth-order valence-corrected chi connectivity index (χ4v) is 1.92. The van der Waals surface area contributed by atoms with E-state index in [2.05, 4.69) is 37.6 Å². The van der Waals surface area contributed by atoms with Gasteiger partial charge in [0.05, 0.1) is 0 Å². The molecule has 92 valence electrons. The molecular weight excluding hydrogens is 214 g/mol. The summed E-state index contributed by atoms with van der Waals surface area (Å²) in [6, 6.07) is 6.56. The minimum absolute atomic E-state index is 0.333. The van der Waals surface area contributed by atoms with Crippen molar-refractivity contribution in [3.8, 4) is 11.5 Å².